The van der Waals surface area contributed by atoms with Crippen molar-refractivity contribution in [2.24, 2.45) is 0 Å². The Morgan fingerprint density at radius 2 is 2.05 bits per heavy atom. The number of amides is 1. The molecule has 0 atom stereocenters. The number of nitrogens with one attached hydrogen (secondary N) is 1. The van der Waals surface area contributed by atoms with Gasteiger partial charge in [-0.1, -0.05) is 0 Å². The van der Waals surface area contributed by atoms with Crippen molar-refractivity contribution in [1.82, 2.24) is 5.32 Å². The number of carbonyl (C=O) groups is 2. The number of hydrogen-bond acceptors (Lipinski definition) is 4. The van der Waals surface area contributed by atoms with E-state index in [4.69, 9.17) is 14.6 Å². The van der Waals surface area contributed by atoms with Crippen molar-refractivity contribution in [3.05, 3.63) is 23.8 Å². The van der Waals surface area contributed by atoms with Gasteiger partial charge in [0.05, 0.1) is 25.2 Å². The Morgan fingerprint density at radius 3 is 2.67 bits per heavy atom. The van der Waals surface area contributed by atoms with E-state index >= 15 is 0 Å². The number of hydrogen-bond donors (Lipinski definition) is 2. The maximum Gasteiger partial charge on any atom is 0.335 e. The second kappa shape index (κ2) is 6.97. The van der Waals surface area contributed by atoms with E-state index in [1.54, 1.807) is 13.0 Å². The van der Waals surface area contributed by atoms with Gasteiger partial charge in [0.25, 0.3) is 0 Å². The lowest BCUT2D eigenvalue weighted by Crippen LogP contribution is -2.26. The van der Waals surface area contributed by atoms with Crippen molar-refractivity contribution in [3.8, 4) is 11.5 Å². The van der Waals surface area contributed by atoms with Crippen LogP contribution in [-0.4, -0.2) is 36.2 Å². The largest absolute Gasteiger partial charge is 0.490 e. The highest BCUT2D eigenvalue weighted by atomic mass is 16.5. The van der Waals surface area contributed by atoms with Crippen LogP contribution < -0.4 is 14.8 Å². The van der Waals surface area contributed by atoms with E-state index in [0.29, 0.717) is 24.1 Å². The molecule has 0 radical (unpaired) electrons. The maximum atomic E-state index is 11.5. The fourth-order valence-electron chi connectivity index (χ4n) is 1.81. The predicted octanol–water partition coefficient (Wildman–Crippen LogP) is 1.83. The highest BCUT2D eigenvalue weighted by molar-refractivity contribution is 5.88. The lowest BCUT2D eigenvalue weighted by Gasteiger charge is -2.12. The van der Waals surface area contributed by atoms with Gasteiger partial charge in [0, 0.05) is 6.04 Å². The minimum atomic E-state index is -1.02. The van der Waals surface area contributed by atoms with Crippen LogP contribution >= 0.6 is 0 Å². The highest BCUT2D eigenvalue weighted by Crippen LogP contribution is 2.28. The molecule has 0 bridgehead atoms. The highest BCUT2D eigenvalue weighted by Gasteiger charge is 2.23. The summed E-state index contributed by atoms with van der Waals surface area (Å²) in [6, 6.07) is 4.76. The molecule has 0 unspecified atom stereocenters. The predicted molar refractivity (Wildman–Crippen MR) is 75.8 cm³/mol. The number of carboxylic acid groups (broad SMARTS) is 1. The van der Waals surface area contributed by atoms with Crippen LogP contribution in [0, 0.1) is 0 Å². The first kappa shape index (κ1) is 15.2. The van der Waals surface area contributed by atoms with E-state index < -0.39 is 5.97 Å². The van der Waals surface area contributed by atoms with Crippen LogP contribution in [0.15, 0.2) is 18.2 Å². The summed E-state index contributed by atoms with van der Waals surface area (Å²) in [4.78, 5) is 22.5. The molecule has 1 aromatic rings. The molecule has 1 fully saturated rings. The molecule has 6 heteroatoms. The van der Waals surface area contributed by atoms with Crippen LogP contribution in [0.2, 0.25) is 0 Å². The summed E-state index contributed by atoms with van der Waals surface area (Å²) in [5.74, 6) is -0.231. The summed E-state index contributed by atoms with van der Waals surface area (Å²) in [6.07, 6.45) is 2.37. The van der Waals surface area contributed by atoms with Crippen molar-refractivity contribution in [1.29, 1.82) is 0 Å². The number of carboxylic acids is 1. The Balaban J connectivity index is 1.91. The molecule has 1 aliphatic rings. The average molecular weight is 293 g/mol. The minimum absolute atomic E-state index is 0.0300. The Kier molecular flexibility index (Phi) is 5.03. The molecule has 1 aliphatic carbocycles. The number of carbonyl (C=O) groups excluding carboxylic acids is 1. The fraction of sp³-hybridized carbons (Fsp3) is 0.467. The van der Waals surface area contributed by atoms with Crippen molar-refractivity contribution >= 4 is 11.9 Å². The monoisotopic (exact) mass is 293 g/mol. The summed E-state index contributed by atoms with van der Waals surface area (Å²) in [5, 5.41) is 11.8. The second-order valence-electron chi connectivity index (χ2n) is 4.84. The summed E-state index contributed by atoms with van der Waals surface area (Å²) in [5.41, 5.74) is 0.136. The van der Waals surface area contributed by atoms with Crippen molar-refractivity contribution in [2.75, 3.05) is 13.2 Å². The van der Waals surface area contributed by atoms with Gasteiger partial charge in [-0.3, -0.25) is 4.79 Å². The Labute approximate surface area is 123 Å². The third kappa shape index (κ3) is 4.66. The van der Waals surface area contributed by atoms with Crippen LogP contribution in [0.5, 0.6) is 11.5 Å². The lowest BCUT2D eigenvalue weighted by atomic mass is 10.2. The molecule has 2 N–H and O–H groups in total. The summed E-state index contributed by atoms with van der Waals surface area (Å²) >= 11 is 0. The van der Waals surface area contributed by atoms with Gasteiger partial charge < -0.3 is 19.9 Å². The van der Waals surface area contributed by atoms with Gasteiger partial charge in [-0.15, -0.1) is 0 Å². The zero-order chi connectivity index (χ0) is 15.2. The van der Waals surface area contributed by atoms with E-state index in [0.717, 1.165) is 12.8 Å². The second-order valence-corrected chi connectivity index (χ2v) is 4.84. The Hall–Kier alpha value is -2.24. The summed E-state index contributed by atoms with van der Waals surface area (Å²) in [6.45, 7) is 2.44. The summed E-state index contributed by atoms with van der Waals surface area (Å²) < 4.78 is 10.9. The molecule has 21 heavy (non-hydrogen) atoms. The van der Waals surface area contributed by atoms with Gasteiger partial charge in [-0.2, -0.15) is 0 Å². The molecule has 2 rings (SSSR count). The molecule has 1 aromatic carbocycles. The average Bonchev–Trinajstić information content (AvgIpc) is 3.24. The van der Waals surface area contributed by atoms with Crippen molar-refractivity contribution in [2.45, 2.75) is 32.2 Å². The van der Waals surface area contributed by atoms with E-state index in [9.17, 15) is 9.59 Å². The molecule has 0 heterocycles. The molecule has 0 aromatic heterocycles. The van der Waals surface area contributed by atoms with Gasteiger partial charge >= 0.3 is 5.97 Å². The van der Waals surface area contributed by atoms with E-state index in [2.05, 4.69) is 5.32 Å². The van der Waals surface area contributed by atoms with Crippen LogP contribution in [0.25, 0.3) is 0 Å². The van der Waals surface area contributed by atoms with Crippen LogP contribution in [0.3, 0.4) is 0 Å². The molecular weight excluding hydrogens is 274 g/mol. The number of rotatable bonds is 8. The van der Waals surface area contributed by atoms with Gasteiger partial charge in [-0.25, -0.2) is 4.79 Å². The SMILES string of the molecule is CCOc1cc(C(=O)O)ccc1OCCC(=O)NC1CC1. The first-order valence-electron chi connectivity index (χ1n) is 7.02. The standard InChI is InChI=1S/C15H19NO5/c1-2-20-13-9-10(15(18)19)3-6-12(13)21-8-7-14(17)16-11-4-5-11/h3,6,9,11H,2,4-5,7-8H2,1H3,(H,16,17)(H,18,19). The molecule has 0 saturated heterocycles. The van der Waals surface area contributed by atoms with Gasteiger partial charge in [0.1, 0.15) is 0 Å². The zero-order valence-corrected chi connectivity index (χ0v) is 11.9. The third-order valence-electron chi connectivity index (χ3n) is 3.02. The Morgan fingerprint density at radius 1 is 1.29 bits per heavy atom. The zero-order valence-electron chi connectivity index (χ0n) is 11.9. The van der Waals surface area contributed by atoms with Gasteiger partial charge in [-0.05, 0) is 38.0 Å². The lowest BCUT2D eigenvalue weighted by molar-refractivity contribution is -0.121. The number of benzene rings is 1. The van der Waals surface area contributed by atoms with Gasteiger partial charge in [0.15, 0.2) is 11.5 Å². The molecule has 1 saturated carbocycles. The smallest absolute Gasteiger partial charge is 0.335 e. The van der Waals surface area contributed by atoms with Crippen LogP contribution in [0.1, 0.15) is 36.5 Å². The van der Waals surface area contributed by atoms with Crippen molar-refractivity contribution < 1.29 is 24.2 Å². The maximum absolute atomic E-state index is 11.5. The molecule has 0 spiro atoms. The number of aromatic carboxylic acids is 1. The van der Waals surface area contributed by atoms with E-state index in [1.165, 1.54) is 12.1 Å². The van der Waals surface area contributed by atoms with Crippen LogP contribution in [0.4, 0.5) is 0 Å². The van der Waals surface area contributed by atoms with E-state index in [-0.39, 0.29) is 24.5 Å². The molecule has 6 nitrogen and oxygen atoms in total. The molecule has 0 aliphatic heterocycles. The molecule has 1 amide bonds. The summed E-state index contributed by atoms with van der Waals surface area (Å²) in [7, 11) is 0. The fourth-order valence-corrected chi connectivity index (χ4v) is 1.81. The van der Waals surface area contributed by atoms with E-state index in [1.807, 2.05) is 0 Å². The Bertz CT molecular complexity index is 525. The minimum Gasteiger partial charge on any atom is -0.490 e. The first-order valence-corrected chi connectivity index (χ1v) is 7.02. The topological polar surface area (TPSA) is 84.9 Å². The first-order chi connectivity index (χ1) is 10.1. The number of ether oxygens (including phenoxy) is 2. The molecule has 114 valence electrons. The normalized spacial score (nSPS) is 13.6. The van der Waals surface area contributed by atoms with Gasteiger partial charge in [0.2, 0.25) is 5.91 Å². The third-order valence-corrected chi connectivity index (χ3v) is 3.02. The van der Waals surface area contributed by atoms with Crippen LogP contribution in [-0.2, 0) is 4.79 Å². The van der Waals surface area contributed by atoms with Crippen molar-refractivity contribution in [3.63, 3.8) is 0 Å². The molecular formula is C15H19NO5. The quantitative estimate of drug-likeness (QED) is 0.764.